The number of halogens is 5. The van der Waals surface area contributed by atoms with Gasteiger partial charge in [0.1, 0.15) is 6.10 Å². The first-order valence-electron chi connectivity index (χ1n) is 5.33. The number of cyclic esters (lactones) is 1. The number of carbonyl (C=O) groups is 1. The van der Waals surface area contributed by atoms with Crippen LogP contribution in [0.2, 0.25) is 0 Å². The van der Waals surface area contributed by atoms with Gasteiger partial charge in [-0.1, -0.05) is 0 Å². The third-order valence-electron chi connectivity index (χ3n) is 2.89. The minimum Gasteiger partial charge on any atom is -0.455 e. The molecular weight excluding hydrogens is 291 g/mol. The van der Waals surface area contributed by atoms with Gasteiger partial charge in [-0.25, -0.2) is 26.7 Å². The molecule has 1 aliphatic heterocycles. The highest BCUT2D eigenvalue weighted by Crippen LogP contribution is 2.35. The second kappa shape index (κ2) is 4.98. The summed E-state index contributed by atoms with van der Waals surface area (Å²) in [7, 11) is 0. The van der Waals surface area contributed by atoms with E-state index in [4.69, 9.17) is 5.11 Å². The number of aliphatic hydroxyl groups is 2. The Morgan fingerprint density at radius 3 is 1.80 bits per heavy atom. The zero-order valence-electron chi connectivity index (χ0n) is 9.54. The lowest BCUT2D eigenvalue weighted by Crippen LogP contribution is -2.42. The van der Waals surface area contributed by atoms with Gasteiger partial charge in [-0.15, -0.1) is 0 Å². The van der Waals surface area contributed by atoms with Gasteiger partial charge >= 0.3 is 5.97 Å². The van der Waals surface area contributed by atoms with Gasteiger partial charge in [-0.3, -0.25) is 0 Å². The van der Waals surface area contributed by atoms with Crippen LogP contribution in [0.25, 0.3) is 0 Å². The van der Waals surface area contributed by atoms with Crippen LogP contribution in [-0.2, 0) is 9.53 Å². The van der Waals surface area contributed by atoms with Gasteiger partial charge in [-0.2, -0.15) is 0 Å². The summed E-state index contributed by atoms with van der Waals surface area (Å²) in [5.74, 6) is -12.4. The Bertz CT molecular complexity index is 547. The molecule has 110 valence electrons. The molecule has 1 saturated heterocycles. The molecule has 0 aliphatic carbocycles. The number of hydrogen-bond donors (Lipinski definition) is 2. The van der Waals surface area contributed by atoms with Crippen LogP contribution in [0.5, 0.6) is 0 Å². The summed E-state index contributed by atoms with van der Waals surface area (Å²) in [5.41, 5.74) is -1.36. The van der Waals surface area contributed by atoms with E-state index in [-0.39, 0.29) is 0 Å². The predicted octanol–water partition coefficient (Wildman–Crippen LogP) is 1.09. The van der Waals surface area contributed by atoms with Gasteiger partial charge in [0.25, 0.3) is 0 Å². The van der Waals surface area contributed by atoms with Crippen LogP contribution < -0.4 is 0 Å². The zero-order chi connectivity index (χ0) is 15.2. The summed E-state index contributed by atoms with van der Waals surface area (Å²) >= 11 is 0. The molecule has 9 heteroatoms. The average molecular weight is 298 g/mol. The highest BCUT2D eigenvalue weighted by Gasteiger charge is 2.41. The number of ether oxygens (including phenoxy) is 1. The minimum absolute atomic E-state index is 0.703. The summed E-state index contributed by atoms with van der Waals surface area (Å²) in [6.07, 6.45) is -6.26. The number of hydrogen-bond acceptors (Lipinski definition) is 4. The predicted molar refractivity (Wildman–Crippen MR) is 51.7 cm³/mol. The normalized spacial score (nSPS) is 26.6. The highest BCUT2D eigenvalue weighted by molar-refractivity contribution is 5.76. The van der Waals surface area contributed by atoms with Crippen molar-refractivity contribution in [2.45, 2.75) is 24.7 Å². The highest BCUT2D eigenvalue weighted by atomic mass is 19.2. The minimum atomic E-state index is -2.34. The average Bonchev–Trinajstić information content (AvgIpc) is 2.40. The second-order valence-electron chi connectivity index (χ2n) is 4.16. The largest absolute Gasteiger partial charge is 0.455 e. The molecule has 1 heterocycles. The quantitative estimate of drug-likeness (QED) is 0.352. The van der Waals surface area contributed by atoms with Crippen LogP contribution >= 0.6 is 0 Å². The molecule has 0 aromatic heterocycles. The molecule has 0 unspecified atom stereocenters. The summed E-state index contributed by atoms with van der Waals surface area (Å²) < 4.78 is 70.2. The van der Waals surface area contributed by atoms with Crippen molar-refractivity contribution in [3.05, 3.63) is 34.6 Å². The monoisotopic (exact) mass is 298 g/mol. The smallest absolute Gasteiger partial charge is 0.338 e. The number of esters is 1. The maximum Gasteiger partial charge on any atom is 0.338 e. The van der Waals surface area contributed by atoms with Crippen LogP contribution in [0.3, 0.4) is 0 Å². The summed E-state index contributed by atoms with van der Waals surface area (Å²) in [6.45, 7) is 0. The third kappa shape index (κ3) is 2.12. The van der Waals surface area contributed by atoms with Crippen molar-refractivity contribution >= 4 is 5.97 Å². The van der Waals surface area contributed by atoms with Crippen molar-refractivity contribution in [3.63, 3.8) is 0 Å². The molecule has 20 heavy (non-hydrogen) atoms. The van der Waals surface area contributed by atoms with E-state index in [1.54, 1.807) is 0 Å². The number of carbonyl (C=O) groups excluding carboxylic acids is 1. The summed E-state index contributed by atoms with van der Waals surface area (Å²) in [5, 5.41) is 18.4. The lowest BCUT2D eigenvalue weighted by Gasteiger charge is -2.30. The van der Waals surface area contributed by atoms with Crippen molar-refractivity contribution < 1.29 is 41.7 Å². The molecular formula is C11H7F5O4. The lowest BCUT2D eigenvalue weighted by atomic mass is 9.96. The standard InChI is InChI=1S/C11H7F5O4/c12-5-4(6(13)8(15)9(16)7(5)14)3-1-2(17)10(18)11(19)20-3/h2-3,10,17-18H,1H2/t2-,3+,10-/m0/s1. The fourth-order valence-corrected chi connectivity index (χ4v) is 1.84. The van der Waals surface area contributed by atoms with E-state index in [2.05, 4.69) is 4.74 Å². The van der Waals surface area contributed by atoms with Gasteiger partial charge in [0.15, 0.2) is 29.4 Å². The summed E-state index contributed by atoms with van der Waals surface area (Å²) in [6, 6.07) is 0. The maximum absolute atomic E-state index is 13.5. The van der Waals surface area contributed by atoms with E-state index < -0.39 is 65.4 Å². The Hall–Kier alpha value is -1.74. The number of aliphatic hydroxyl groups excluding tert-OH is 2. The molecule has 1 aromatic rings. The molecule has 2 N–H and O–H groups in total. The molecule has 0 spiro atoms. The van der Waals surface area contributed by atoms with Gasteiger partial charge in [0.05, 0.1) is 11.7 Å². The van der Waals surface area contributed by atoms with Crippen LogP contribution in [0.15, 0.2) is 0 Å². The first-order chi connectivity index (χ1) is 9.25. The molecule has 0 saturated carbocycles. The van der Waals surface area contributed by atoms with E-state index in [0.717, 1.165) is 0 Å². The van der Waals surface area contributed by atoms with Crippen LogP contribution in [0.4, 0.5) is 22.0 Å². The van der Waals surface area contributed by atoms with E-state index in [1.807, 2.05) is 0 Å². The van der Waals surface area contributed by atoms with Crippen LogP contribution in [0.1, 0.15) is 18.1 Å². The maximum atomic E-state index is 13.5. The molecule has 0 bridgehead atoms. The topological polar surface area (TPSA) is 66.8 Å². The first kappa shape index (κ1) is 14.7. The first-order valence-corrected chi connectivity index (χ1v) is 5.33. The Labute approximate surface area is 108 Å². The van der Waals surface area contributed by atoms with Crippen molar-refractivity contribution in [1.82, 2.24) is 0 Å². The fourth-order valence-electron chi connectivity index (χ4n) is 1.84. The van der Waals surface area contributed by atoms with Gasteiger partial charge in [-0.05, 0) is 0 Å². The summed E-state index contributed by atoms with van der Waals surface area (Å²) in [4.78, 5) is 11.1. The molecule has 1 aromatic carbocycles. The van der Waals surface area contributed by atoms with Gasteiger partial charge < -0.3 is 14.9 Å². The Kier molecular flexibility index (Phi) is 3.65. The SMILES string of the molecule is O=C1O[C@@H](c2c(F)c(F)c(F)c(F)c2F)C[C@H](O)[C@@H]1O. The lowest BCUT2D eigenvalue weighted by molar-refractivity contribution is -0.180. The van der Waals surface area contributed by atoms with Gasteiger partial charge in [0.2, 0.25) is 5.82 Å². The molecule has 4 nitrogen and oxygen atoms in total. The van der Waals surface area contributed by atoms with Crippen LogP contribution in [0, 0.1) is 29.1 Å². The number of rotatable bonds is 1. The van der Waals surface area contributed by atoms with Crippen molar-refractivity contribution in [3.8, 4) is 0 Å². The van der Waals surface area contributed by atoms with Crippen molar-refractivity contribution in [2.24, 2.45) is 0 Å². The molecule has 3 atom stereocenters. The Balaban J connectivity index is 2.51. The Morgan fingerprint density at radius 2 is 1.35 bits per heavy atom. The molecule has 1 aliphatic rings. The van der Waals surface area contributed by atoms with E-state index >= 15 is 0 Å². The zero-order valence-corrected chi connectivity index (χ0v) is 9.54. The number of benzene rings is 1. The third-order valence-corrected chi connectivity index (χ3v) is 2.89. The van der Waals surface area contributed by atoms with Gasteiger partial charge in [0, 0.05) is 6.42 Å². The molecule has 2 rings (SSSR count). The molecule has 0 amide bonds. The second-order valence-corrected chi connectivity index (χ2v) is 4.16. The van der Waals surface area contributed by atoms with Crippen LogP contribution in [-0.4, -0.2) is 28.4 Å². The molecule has 1 fully saturated rings. The fraction of sp³-hybridized carbons (Fsp3) is 0.364. The van der Waals surface area contributed by atoms with Crippen molar-refractivity contribution in [2.75, 3.05) is 0 Å². The Morgan fingerprint density at radius 1 is 0.900 bits per heavy atom. The van der Waals surface area contributed by atoms with E-state index in [9.17, 15) is 31.9 Å². The van der Waals surface area contributed by atoms with E-state index in [1.165, 1.54) is 0 Å². The van der Waals surface area contributed by atoms with Crippen molar-refractivity contribution in [1.29, 1.82) is 0 Å². The molecule has 0 radical (unpaired) electrons. The van der Waals surface area contributed by atoms with E-state index in [0.29, 0.717) is 0 Å².